The molecule has 0 amide bonds. The highest BCUT2D eigenvalue weighted by Gasteiger charge is 2.20. The normalized spacial score (nSPS) is 22.4. The fraction of sp³-hybridized carbons (Fsp3) is 1.00. The summed E-state index contributed by atoms with van der Waals surface area (Å²) in [4.78, 5) is 2.44. The lowest BCUT2D eigenvalue weighted by Crippen LogP contribution is -2.49. The van der Waals surface area contributed by atoms with Gasteiger partial charge in [-0.05, 0) is 26.7 Å². The SMILES string of the molecule is COCCN(C(C)CNCC1CCCO1)C(C)COC. The van der Waals surface area contributed by atoms with E-state index in [9.17, 15) is 0 Å². The summed E-state index contributed by atoms with van der Waals surface area (Å²) in [5.74, 6) is 0. The molecule has 3 atom stereocenters. The molecule has 1 aliphatic heterocycles. The fourth-order valence-electron chi connectivity index (χ4n) is 2.78. The summed E-state index contributed by atoms with van der Waals surface area (Å²) in [5.41, 5.74) is 0. The molecule has 1 aliphatic rings. The Morgan fingerprint density at radius 1 is 1.25 bits per heavy atom. The van der Waals surface area contributed by atoms with Crippen molar-refractivity contribution in [2.24, 2.45) is 0 Å². The Morgan fingerprint density at radius 2 is 2.05 bits per heavy atom. The molecule has 1 fully saturated rings. The van der Waals surface area contributed by atoms with E-state index in [0.717, 1.165) is 39.5 Å². The summed E-state index contributed by atoms with van der Waals surface area (Å²) in [6.07, 6.45) is 2.80. The molecule has 5 nitrogen and oxygen atoms in total. The lowest BCUT2D eigenvalue weighted by atomic mass is 10.2. The Morgan fingerprint density at radius 3 is 2.65 bits per heavy atom. The van der Waals surface area contributed by atoms with Crippen molar-refractivity contribution in [1.82, 2.24) is 10.2 Å². The van der Waals surface area contributed by atoms with E-state index in [1.807, 2.05) is 0 Å². The molecule has 0 aromatic heterocycles. The second-order valence-electron chi connectivity index (χ2n) is 5.68. The smallest absolute Gasteiger partial charge is 0.0700 e. The standard InChI is InChI=1S/C15H32N2O3/c1-13(10-16-11-15-6-5-8-20-15)17(7-9-18-3)14(2)12-19-4/h13-16H,5-12H2,1-4H3. The predicted molar refractivity (Wildman–Crippen MR) is 81.2 cm³/mol. The van der Waals surface area contributed by atoms with Crippen LogP contribution in [0.1, 0.15) is 26.7 Å². The first-order valence-corrected chi connectivity index (χ1v) is 7.75. The maximum atomic E-state index is 5.63. The van der Waals surface area contributed by atoms with Crippen LogP contribution in [-0.4, -0.2) is 76.8 Å². The van der Waals surface area contributed by atoms with Gasteiger partial charge in [0.15, 0.2) is 0 Å². The maximum Gasteiger partial charge on any atom is 0.0700 e. The number of ether oxygens (including phenoxy) is 3. The molecular weight excluding hydrogens is 256 g/mol. The van der Waals surface area contributed by atoms with Crippen LogP contribution in [0, 0.1) is 0 Å². The number of methoxy groups -OCH3 is 2. The average molecular weight is 288 g/mol. The van der Waals surface area contributed by atoms with Gasteiger partial charge in [-0.1, -0.05) is 0 Å². The first-order valence-electron chi connectivity index (χ1n) is 7.75. The Bertz CT molecular complexity index is 235. The molecule has 1 saturated heterocycles. The van der Waals surface area contributed by atoms with Crippen LogP contribution in [-0.2, 0) is 14.2 Å². The summed E-state index contributed by atoms with van der Waals surface area (Å²) in [7, 11) is 3.50. The lowest BCUT2D eigenvalue weighted by Gasteiger charge is -2.34. The van der Waals surface area contributed by atoms with Gasteiger partial charge in [0.25, 0.3) is 0 Å². The van der Waals surface area contributed by atoms with E-state index in [-0.39, 0.29) is 0 Å². The monoisotopic (exact) mass is 288 g/mol. The third-order valence-electron chi connectivity index (χ3n) is 3.93. The topological polar surface area (TPSA) is 43.0 Å². The zero-order valence-electron chi connectivity index (χ0n) is 13.6. The van der Waals surface area contributed by atoms with E-state index in [0.29, 0.717) is 18.2 Å². The molecule has 3 unspecified atom stereocenters. The van der Waals surface area contributed by atoms with Gasteiger partial charge in [0.2, 0.25) is 0 Å². The van der Waals surface area contributed by atoms with Gasteiger partial charge >= 0.3 is 0 Å². The Hall–Kier alpha value is -0.200. The van der Waals surface area contributed by atoms with Gasteiger partial charge in [0.1, 0.15) is 0 Å². The van der Waals surface area contributed by atoms with Gasteiger partial charge in [0, 0.05) is 52.5 Å². The van der Waals surface area contributed by atoms with Crippen molar-refractivity contribution >= 4 is 0 Å². The van der Waals surface area contributed by atoms with E-state index in [2.05, 4.69) is 24.1 Å². The second kappa shape index (κ2) is 10.5. The van der Waals surface area contributed by atoms with Gasteiger partial charge < -0.3 is 19.5 Å². The summed E-state index contributed by atoms with van der Waals surface area (Å²) >= 11 is 0. The van der Waals surface area contributed by atoms with E-state index in [1.54, 1.807) is 14.2 Å². The summed E-state index contributed by atoms with van der Waals surface area (Å²) in [6, 6.07) is 0.853. The third-order valence-corrected chi connectivity index (χ3v) is 3.93. The molecule has 1 heterocycles. The molecule has 0 radical (unpaired) electrons. The van der Waals surface area contributed by atoms with Gasteiger partial charge in [-0.25, -0.2) is 0 Å². The van der Waals surface area contributed by atoms with Crippen molar-refractivity contribution in [3.8, 4) is 0 Å². The summed E-state index contributed by atoms with van der Waals surface area (Å²) in [5, 5.41) is 3.53. The van der Waals surface area contributed by atoms with Crippen LogP contribution in [0.4, 0.5) is 0 Å². The third kappa shape index (κ3) is 6.50. The van der Waals surface area contributed by atoms with Gasteiger partial charge in [-0.3, -0.25) is 4.90 Å². The van der Waals surface area contributed by atoms with Crippen molar-refractivity contribution in [2.45, 2.75) is 44.9 Å². The summed E-state index contributed by atoms with van der Waals surface area (Å²) < 4.78 is 16.1. The van der Waals surface area contributed by atoms with E-state index >= 15 is 0 Å². The van der Waals surface area contributed by atoms with Crippen LogP contribution in [0.3, 0.4) is 0 Å². The number of nitrogens with one attached hydrogen (secondary N) is 1. The quantitative estimate of drug-likeness (QED) is 0.617. The molecule has 0 aliphatic carbocycles. The van der Waals surface area contributed by atoms with Crippen LogP contribution in [0.15, 0.2) is 0 Å². The van der Waals surface area contributed by atoms with E-state index < -0.39 is 0 Å². The van der Waals surface area contributed by atoms with Crippen LogP contribution in [0.2, 0.25) is 0 Å². The zero-order valence-corrected chi connectivity index (χ0v) is 13.6. The van der Waals surface area contributed by atoms with Crippen LogP contribution < -0.4 is 5.32 Å². The molecule has 0 bridgehead atoms. The zero-order chi connectivity index (χ0) is 14.8. The first kappa shape index (κ1) is 17.9. The number of hydrogen-bond acceptors (Lipinski definition) is 5. The van der Waals surface area contributed by atoms with Crippen molar-refractivity contribution in [1.29, 1.82) is 0 Å². The average Bonchev–Trinajstić information content (AvgIpc) is 2.92. The van der Waals surface area contributed by atoms with E-state index in [4.69, 9.17) is 14.2 Å². The predicted octanol–water partition coefficient (Wildman–Crippen LogP) is 1.13. The molecule has 0 aromatic carbocycles. The number of rotatable bonds is 11. The van der Waals surface area contributed by atoms with Crippen LogP contribution in [0.25, 0.3) is 0 Å². The second-order valence-corrected chi connectivity index (χ2v) is 5.68. The van der Waals surface area contributed by atoms with Gasteiger partial charge in [0.05, 0.1) is 19.3 Å². The molecule has 20 heavy (non-hydrogen) atoms. The Labute approximate surface area is 123 Å². The Kier molecular flexibility index (Phi) is 9.39. The highest BCUT2D eigenvalue weighted by Crippen LogP contribution is 2.11. The highest BCUT2D eigenvalue weighted by atomic mass is 16.5. The molecule has 0 saturated carbocycles. The first-order chi connectivity index (χ1) is 9.69. The van der Waals surface area contributed by atoms with Crippen LogP contribution >= 0.6 is 0 Å². The number of nitrogens with zero attached hydrogens (tertiary/aromatic N) is 1. The molecule has 120 valence electrons. The Balaban J connectivity index is 2.30. The molecule has 0 spiro atoms. The number of hydrogen-bond donors (Lipinski definition) is 1. The lowest BCUT2D eigenvalue weighted by molar-refractivity contribution is 0.0497. The largest absolute Gasteiger partial charge is 0.383 e. The van der Waals surface area contributed by atoms with E-state index in [1.165, 1.54) is 12.8 Å². The van der Waals surface area contributed by atoms with Crippen molar-refractivity contribution in [3.05, 3.63) is 0 Å². The highest BCUT2D eigenvalue weighted by molar-refractivity contribution is 4.77. The van der Waals surface area contributed by atoms with Gasteiger partial charge in [-0.15, -0.1) is 0 Å². The minimum absolute atomic E-state index is 0.398. The van der Waals surface area contributed by atoms with Crippen LogP contribution in [0.5, 0.6) is 0 Å². The van der Waals surface area contributed by atoms with Gasteiger partial charge in [-0.2, -0.15) is 0 Å². The minimum Gasteiger partial charge on any atom is -0.383 e. The molecule has 1 N–H and O–H groups in total. The van der Waals surface area contributed by atoms with Crippen molar-refractivity contribution < 1.29 is 14.2 Å². The minimum atomic E-state index is 0.398. The fourth-order valence-corrected chi connectivity index (χ4v) is 2.78. The molecule has 5 heteroatoms. The maximum absolute atomic E-state index is 5.63. The molecule has 0 aromatic rings. The molecule has 1 rings (SSSR count). The summed E-state index contributed by atoms with van der Waals surface area (Å²) in [6.45, 7) is 9.75. The van der Waals surface area contributed by atoms with Crippen molar-refractivity contribution in [2.75, 3.05) is 53.7 Å². The molecular formula is C15H32N2O3. The van der Waals surface area contributed by atoms with Crippen molar-refractivity contribution in [3.63, 3.8) is 0 Å².